The van der Waals surface area contributed by atoms with Gasteiger partial charge in [0.2, 0.25) is 5.95 Å². The predicted octanol–water partition coefficient (Wildman–Crippen LogP) is 3.35. The third-order valence-corrected chi connectivity index (χ3v) is 2.76. The maximum atomic E-state index is 5.97. The van der Waals surface area contributed by atoms with Gasteiger partial charge < -0.3 is 5.32 Å². The van der Waals surface area contributed by atoms with E-state index in [-0.39, 0.29) is 0 Å². The molecule has 0 radical (unpaired) electrons. The normalized spacial score (nSPS) is 10.4. The van der Waals surface area contributed by atoms with Crippen molar-refractivity contribution in [2.24, 2.45) is 0 Å². The van der Waals surface area contributed by atoms with Gasteiger partial charge in [0.1, 0.15) is 5.15 Å². The third-order valence-electron chi connectivity index (χ3n) is 2.39. The van der Waals surface area contributed by atoms with E-state index in [4.69, 9.17) is 11.6 Å². The molecule has 0 saturated carbocycles. The molecule has 4 heteroatoms. The summed E-state index contributed by atoms with van der Waals surface area (Å²) in [6.45, 7) is 6.97. The zero-order valence-electron chi connectivity index (χ0n) is 9.60. The molecule has 1 N–H and O–H groups in total. The van der Waals surface area contributed by atoms with E-state index >= 15 is 0 Å². The molecule has 1 aromatic heterocycles. The van der Waals surface area contributed by atoms with Gasteiger partial charge in [0.05, 0.1) is 0 Å². The lowest BCUT2D eigenvalue weighted by atomic mass is 10.2. The lowest BCUT2D eigenvalue weighted by Gasteiger charge is -2.07. The van der Waals surface area contributed by atoms with Crippen LogP contribution in [0, 0.1) is 13.8 Å². The average molecular weight is 228 g/mol. The molecule has 1 aromatic rings. The Labute approximate surface area is 96.3 Å². The van der Waals surface area contributed by atoms with Crippen molar-refractivity contribution >= 4 is 17.5 Å². The number of unbranched alkanes of at least 4 members (excludes halogenated alkanes) is 2. The number of aryl methyl sites for hydroxylation is 1. The highest BCUT2D eigenvalue weighted by Crippen LogP contribution is 2.16. The van der Waals surface area contributed by atoms with Crippen molar-refractivity contribution in [1.82, 2.24) is 9.97 Å². The number of nitrogens with zero attached hydrogens (tertiary/aromatic N) is 2. The molecule has 84 valence electrons. The van der Waals surface area contributed by atoms with Gasteiger partial charge in [-0.1, -0.05) is 31.4 Å². The third kappa shape index (κ3) is 3.67. The summed E-state index contributed by atoms with van der Waals surface area (Å²) in [5.74, 6) is 0.638. The molecular weight excluding hydrogens is 210 g/mol. The lowest BCUT2D eigenvalue weighted by Crippen LogP contribution is -2.07. The number of anilines is 1. The van der Waals surface area contributed by atoms with Gasteiger partial charge in [0, 0.05) is 17.8 Å². The second-order valence-electron chi connectivity index (χ2n) is 3.68. The zero-order valence-corrected chi connectivity index (χ0v) is 10.4. The molecule has 1 rings (SSSR count). The molecule has 3 nitrogen and oxygen atoms in total. The average Bonchev–Trinajstić information content (AvgIpc) is 2.21. The summed E-state index contributed by atoms with van der Waals surface area (Å²) in [6.07, 6.45) is 3.59. The van der Waals surface area contributed by atoms with Crippen LogP contribution in [0.2, 0.25) is 5.15 Å². The Balaban J connectivity index is 2.55. The zero-order chi connectivity index (χ0) is 11.3. The Morgan fingerprint density at radius 2 is 1.93 bits per heavy atom. The summed E-state index contributed by atoms with van der Waals surface area (Å²) in [6, 6.07) is 0. The first kappa shape index (κ1) is 12.2. The highest BCUT2D eigenvalue weighted by Gasteiger charge is 2.04. The first-order chi connectivity index (χ1) is 7.15. The van der Waals surface area contributed by atoms with E-state index in [9.17, 15) is 0 Å². The van der Waals surface area contributed by atoms with Crippen molar-refractivity contribution in [3.8, 4) is 0 Å². The van der Waals surface area contributed by atoms with Crippen molar-refractivity contribution in [2.75, 3.05) is 11.9 Å². The molecule has 15 heavy (non-hydrogen) atoms. The summed E-state index contributed by atoms with van der Waals surface area (Å²) in [5.41, 5.74) is 1.89. The van der Waals surface area contributed by atoms with Crippen LogP contribution in [-0.2, 0) is 0 Å². The van der Waals surface area contributed by atoms with Crippen LogP contribution >= 0.6 is 11.6 Å². The molecule has 0 bridgehead atoms. The van der Waals surface area contributed by atoms with Gasteiger partial charge in [-0.25, -0.2) is 9.97 Å². The highest BCUT2D eigenvalue weighted by molar-refractivity contribution is 6.30. The topological polar surface area (TPSA) is 37.8 Å². The van der Waals surface area contributed by atoms with Crippen LogP contribution < -0.4 is 5.32 Å². The fourth-order valence-electron chi connectivity index (χ4n) is 1.25. The van der Waals surface area contributed by atoms with Gasteiger partial charge in [0.15, 0.2) is 0 Å². The van der Waals surface area contributed by atoms with Crippen LogP contribution in [0.3, 0.4) is 0 Å². The van der Waals surface area contributed by atoms with Crippen LogP contribution in [0.25, 0.3) is 0 Å². The summed E-state index contributed by atoms with van der Waals surface area (Å²) >= 11 is 5.97. The van der Waals surface area contributed by atoms with Gasteiger partial charge in [0.25, 0.3) is 0 Å². The molecule has 0 aromatic carbocycles. The fourth-order valence-corrected chi connectivity index (χ4v) is 1.46. The molecule has 0 spiro atoms. The molecule has 0 fully saturated rings. The summed E-state index contributed by atoms with van der Waals surface area (Å²) in [4.78, 5) is 8.50. The molecule has 0 aliphatic heterocycles. The largest absolute Gasteiger partial charge is 0.354 e. The molecule has 1 heterocycles. The quantitative estimate of drug-likeness (QED) is 0.619. The van der Waals surface area contributed by atoms with Crippen molar-refractivity contribution in [3.63, 3.8) is 0 Å². The maximum absolute atomic E-state index is 5.97. The van der Waals surface area contributed by atoms with Gasteiger partial charge in [-0.3, -0.25) is 0 Å². The monoisotopic (exact) mass is 227 g/mol. The van der Waals surface area contributed by atoms with Gasteiger partial charge >= 0.3 is 0 Å². The van der Waals surface area contributed by atoms with Crippen LogP contribution in [-0.4, -0.2) is 16.5 Å². The minimum Gasteiger partial charge on any atom is -0.354 e. The predicted molar refractivity (Wildman–Crippen MR) is 64.5 cm³/mol. The minimum absolute atomic E-state index is 0.542. The van der Waals surface area contributed by atoms with Gasteiger partial charge in [-0.05, 0) is 20.3 Å². The molecule has 0 aliphatic rings. The van der Waals surface area contributed by atoms with E-state index in [1.54, 1.807) is 0 Å². The summed E-state index contributed by atoms with van der Waals surface area (Å²) in [7, 11) is 0. The summed E-state index contributed by atoms with van der Waals surface area (Å²) in [5, 5.41) is 3.72. The lowest BCUT2D eigenvalue weighted by molar-refractivity contribution is 0.740. The first-order valence-electron chi connectivity index (χ1n) is 5.39. The Kier molecular flexibility index (Phi) is 4.82. The Morgan fingerprint density at radius 1 is 1.20 bits per heavy atom. The smallest absolute Gasteiger partial charge is 0.224 e. The van der Waals surface area contributed by atoms with Crippen molar-refractivity contribution in [3.05, 3.63) is 16.4 Å². The van der Waals surface area contributed by atoms with Crippen molar-refractivity contribution < 1.29 is 0 Å². The van der Waals surface area contributed by atoms with Crippen LogP contribution in [0.15, 0.2) is 0 Å². The van der Waals surface area contributed by atoms with E-state index in [2.05, 4.69) is 22.2 Å². The summed E-state index contributed by atoms with van der Waals surface area (Å²) < 4.78 is 0. The second-order valence-corrected chi connectivity index (χ2v) is 4.04. The number of aromatic nitrogens is 2. The van der Waals surface area contributed by atoms with Crippen molar-refractivity contribution in [1.29, 1.82) is 0 Å². The number of hydrogen-bond acceptors (Lipinski definition) is 3. The van der Waals surface area contributed by atoms with Crippen LogP contribution in [0.5, 0.6) is 0 Å². The molecule has 0 unspecified atom stereocenters. The molecule has 0 amide bonds. The van der Waals surface area contributed by atoms with E-state index < -0.39 is 0 Å². The highest BCUT2D eigenvalue weighted by atomic mass is 35.5. The van der Waals surface area contributed by atoms with E-state index in [1.807, 2.05) is 13.8 Å². The Bertz CT molecular complexity index is 303. The minimum atomic E-state index is 0.542. The molecular formula is C11H18ClN3. The second kappa shape index (κ2) is 5.91. The van der Waals surface area contributed by atoms with E-state index in [1.165, 1.54) is 12.8 Å². The number of halogens is 1. The number of hydrogen-bond donors (Lipinski definition) is 1. The van der Waals surface area contributed by atoms with E-state index in [0.717, 1.165) is 24.2 Å². The van der Waals surface area contributed by atoms with Crippen molar-refractivity contribution in [2.45, 2.75) is 40.0 Å². The molecule has 0 atom stereocenters. The van der Waals surface area contributed by atoms with Crippen LogP contribution in [0.1, 0.15) is 37.4 Å². The fraction of sp³-hybridized carbons (Fsp3) is 0.636. The number of nitrogens with one attached hydrogen (secondary N) is 1. The Morgan fingerprint density at radius 3 is 2.53 bits per heavy atom. The van der Waals surface area contributed by atoms with Crippen LogP contribution in [0.4, 0.5) is 5.95 Å². The Hall–Kier alpha value is -0.830. The number of rotatable bonds is 5. The molecule has 0 aliphatic carbocycles. The first-order valence-corrected chi connectivity index (χ1v) is 5.77. The molecule has 0 saturated heterocycles. The van der Waals surface area contributed by atoms with Gasteiger partial charge in [-0.2, -0.15) is 0 Å². The SMILES string of the molecule is CCCCCNc1nc(C)c(C)c(Cl)n1. The van der Waals surface area contributed by atoms with E-state index in [0.29, 0.717) is 11.1 Å². The van der Waals surface area contributed by atoms with Gasteiger partial charge in [-0.15, -0.1) is 0 Å². The standard InChI is InChI=1S/C11H18ClN3/c1-4-5-6-7-13-11-14-9(3)8(2)10(12)15-11/h4-7H2,1-3H3,(H,13,14,15). The maximum Gasteiger partial charge on any atom is 0.224 e.